The quantitative estimate of drug-likeness (QED) is 0.723. The zero-order valence-corrected chi connectivity index (χ0v) is 9.02. The molecule has 0 aliphatic heterocycles. The number of halogens is 1. The van der Waals surface area contributed by atoms with Gasteiger partial charge in [-0.05, 0) is 29.7 Å². The van der Waals surface area contributed by atoms with Gasteiger partial charge in [0.2, 0.25) is 0 Å². The van der Waals surface area contributed by atoms with Crippen LogP contribution in [0.15, 0.2) is 18.2 Å². The van der Waals surface area contributed by atoms with E-state index >= 15 is 0 Å². The first-order chi connectivity index (χ1) is 5.81. The van der Waals surface area contributed by atoms with Crippen molar-refractivity contribution in [3.8, 4) is 5.75 Å². The highest BCUT2D eigenvalue weighted by atomic mass is 79.9. The van der Waals surface area contributed by atoms with Gasteiger partial charge < -0.3 is 4.74 Å². The lowest BCUT2D eigenvalue weighted by molar-refractivity contribution is 0.414. The maximum Gasteiger partial charge on any atom is 0.119 e. The average molecular weight is 229 g/mol. The minimum atomic E-state index is 0.896. The standard InChI is InChI=1S/C10H13BrO/c1-3-8-4-5-10(12-2)6-9(8)7-11/h4-6H,3,7H2,1-2H3. The number of hydrogen-bond acceptors (Lipinski definition) is 1. The summed E-state index contributed by atoms with van der Waals surface area (Å²) in [4.78, 5) is 0. The van der Waals surface area contributed by atoms with Gasteiger partial charge in [-0.1, -0.05) is 28.9 Å². The van der Waals surface area contributed by atoms with Crippen LogP contribution >= 0.6 is 15.9 Å². The lowest BCUT2D eigenvalue weighted by Gasteiger charge is -2.06. The highest BCUT2D eigenvalue weighted by Crippen LogP contribution is 2.20. The van der Waals surface area contributed by atoms with Crippen LogP contribution in [0, 0.1) is 0 Å². The van der Waals surface area contributed by atoms with Crippen molar-refractivity contribution in [1.82, 2.24) is 0 Å². The van der Waals surface area contributed by atoms with Crippen LogP contribution in [0.4, 0.5) is 0 Å². The lowest BCUT2D eigenvalue weighted by Crippen LogP contribution is -1.91. The molecule has 0 saturated carbocycles. The van der Waals surface area contributed by atoms with Gasteiger partial charge in [0, 0.05) is 5.33 Å². The summed E-state index contributed by atoms with van der Waals surface area (Å²) in [5, 5.41) is 0.896. The molecule has 0 amide bonds. The summed E-state index contributed by atoms with van der Waals surface area (Å²) < 4.78 is 5.14. The summed E-state index contributed by atoms with van der Waals surface area (Å²) in [7, 11) is 1.69. The molecule has 1 nitrogen and oxygen atoms in total. The summed E-state index contributed by atoms with van der Waals surface area (Å²) >= 11 is 3.46. The largest absolute Gasteiger partial charge is 0.497 e. The fraction of sp³-hybridized carbons (Fsp3) is 0.400. The van der Waals surface area contributed by atoms with Crippen LogP contribution in [0.25, 0.3) is 0 Å². The van der Waals surface area contributed by atoms with Gasteiger partial charge in [-0.3, -0.25) is 0 Å². The van der Waals surface area contributed by atoms with E-state index in [-0.39, 0.29) is 0 Å². The Morgan fingerprint density at radius 1 is 1.33 bits per heavy atom. The Bertz CT molecular complexity index is 258. The van der Waals surface area contributed by atoms with Crippen molar-refractivity contribution in [2.24, 2.45) is 0 Å². The Balaban J connectivity index is 3.02. The normalized spacial score (nSPS) is 9.92. The highest BCUT2D eigenvalue weighted by Gasteiger charge is 2.00. The van der Waals surface area contributed by atoms with E-state index in [1.807, 2.05) is 6.07 Å². The maximum atomic E-state index is 5.14. The number of alkyl halides is 1. The zero-order valence-electron chi connectivity index (χ0n) is 7.43. The fourth-order valence-electron chi connectivity index (χ4n) is 1.20. The van der Waals surface area contributed by atoms with Crippen molar-refractivity contribution < 1.29 is 4.74 Å². The molecule has 2 heteroatoms. The molecule has 0 aliphatic carbocycles. The lowest BCUT2D eigenvalue weighted by atomic mass is 10.1. The molecule has 1 rings (SSSR count). The van der Waals surface area contributed by atoms with Gasteiger partial charge in [0.05, 0.1) is 7.11 Å². The minimum Gasteiger partial charge on any atom is -0.497 e. The Kier molecular flexibility index (Phi) is 3.60. The Morgan fingerprint density at radius 2 is 2.08 bits per heavy atom. The van der Waals surface area contributed by atoms with Crippen LogP contribution in [0.2, 0.25) is 0 Å². The van der Waals surface area contributed by atoms with E-state index in [1.165, 1.54) is 11.1 Å². The number of hydrogen-bond donors (Lipinski definition) is 0. The second kappa shape index (κ2) is 4.51. The fourth-order valence-corrected chi connectivity index (χ4v) is 1.72. The van der Waals surface area contributed by atoms with E-state index in [4.69, 9.17) is 4.74 Å². The van der Waals surface area contributed by atoms with Crippen molar-refractivity contribution in [3.05, 3.63) is 29.3 Å². The molecule has 0 heterocycles. The number of aryl methyl sites for hydroxylation is 1. The SMILES string of the molecule is CCc1ccc(OC)cc1CBr. The Hall–Kier alpha value is -0.500. The zero-order chi connectivity index (χ0) is 8.97. The summed E-state index contributed by atoms with van der Waals surface area (Å²) in [5.74, 6) is 0.932. The first-order valence-electron chi connectivity index (χ1n) is 4.03. The maximum absolute atomic E-state index is 5.14. The summed E-state index contributed by atoms with van der Waals surface area (Å²) in [6.45, 7) is 2.16. The molecule has 66 valence electrons. The van der Waals surface area contributed by atoms with E-state index in [1.54, 1.807) is 7.11 Å². The van der Waals surface area contributed by atoms with Gasteiger partial charge in [-0.25, -0.2) is 0 Å². The molecule has 12 heavy (non-hydrogen) atoms. The molecule has 0 bridgehead atoms. The molecule has 1 aromatic carbocycles. The molecule has 0 spiro atoms. The predicted octanol–water partition coefficient (Wildman–Crippen LogP) is 3.15. The molecule has 0 atom stereocenters. The third-order valence-corrected chi connectivity index (χ3v) is 2.54. The minimum absolute atomic E-state index is 0.896. The van der Waals surface area contributed by atoms with E-state index in [0.717, 1.165) is 17.5 Å². The average Bonchev–Trinajstić information content (AvgIpc) is 2.16. The summed E-state index contributed by atoms with van der Waals surface area (Å²) in [5.41, 5.74) is 2.70. The highest BCUT2D eigenvalue weighted by molar-refractivity contribution is 9.08. The molecule has 0 aromatic heterocycles. The van der Waals surface area contributed by atoms with Gasteiger partial charge in [-0.2, -0.15) is 0 Å². The number of methoxy groups -OCH3 is 1. The summed E-state index contributed by atoms with van der Waals surface area (Å²) in [6.07, 6.45) is 1.07. The third kappa shape index (κ3) is 2.01. The number of benzene rings is 1. The smallest absolute Gasteiger partial charge is 0.119 e. The molecule has 0 saturated heterocycles. The van der Waals surface area contributed by atoms with Crippen LogP contribution in [0.1, 0.15) is 18.1 Å². The van der Waals surface area contributed by atoms with Crippen LogP contribution in [0.3, 0.4) is 0 Å². The van der Waals surface area contributed by atoms with Crippen LogP contribution < -0.4 is 4.74 Å². The molecular formula is C10H13BrO. The predicted molar refractivity (Wildman–Crippen MR) is 55.0 cm³/mol. The van der Waals surface area contributed by atoms with Crippen molar-refractivity contribution >= 4 is 15.9 Å². The van der Waals surface area contributed by atoms with E-state index in [9.17, 15) is 0 Å². The van der Waals surface area contributed by atoms with Gasteiger partial charge >= 0.3 is 0 Å². The van der Waals surface area contributed by atoms with Crippen LogP contribution in [-0.2, 0) is 11.8 Å². The summed E-state index contributed by atoms with van der Waals surface area (Å²) in [6, 6.07) is 6.20. The third-order valence-electron chi connectivity index (χ3n) is 1.94. The van der Waals surface area contributed by atoms with Crippen molar-refractivity contribution in [2.75, 3.05) is 7.11 Å². The van der Waals surface area contributed by atoms with E-state index < -0.39 is 0 Å². The molecule has 0 aliphatic rings. The van der Waals surface area contributed by atoms with Gasteiger partial charge in [0.15, 0.2) is 0 Å². The topological polar surface area (TPSA) is 9.23 Å². The van der Waals surface area contributed by atoms with Gasteiger partial charge in [0.1, 0.15) is 5.75 Å². The van der Waals surface area contributed by atoms with Crippen LogP contribution in [0.5, 0.6) is 5.75 Å². The van der Waals surface area contributed by atoms with Crippen LogP contribution in [-0.4, -0.2) is 7.11 Å². The van der Waals surface area contributed by atoms with Crippen molar-refractivity contribution in [3.63, 3.8) is 0 Å². The Labute approximate surface area is 81.9 Å². The van der Waals surface area contributed by atoms with Gasteiger partial charge in [0.25, 0.3) is 0 Å². The first kappa shape index (κ1) is 9.59. The van der Waals surface area contributed by atoms with E-state index in [0.29, 0.717) is 0 Å². The molecule has 1 aromatic rings. The Morgan fingerprint density at radius 3 is 2.58 bits per heavy atom. The van der Waals surface area contributed by atoms with Gasteiger partial charge in [-0.15, -0.1) is 0 Å². The number of ether oxygens (including phenoxy) is 1. The molecule has 0 radical (unpaired) electrons. The second-order valence-electron chi connectivity index (χ2n) is 2.62. The molecule has 0 unspecified atom stereocenters. The molecular weight excluding hydrogens is 216 g/mol. The number of rotatable bonds is 3. The van der Waals surface area contributed by atoms with Crippen molar-refractivity contribution in [1.29, 1.82) is 0 Å². The second-order valence-corrected chi connectivity index (χ2v) is 3.18. The molecule has 0 fully saturated rings. The molecule has 0 N–H and O–H groups in total. The monoisotopic (exact) mass is 228 g/mol. The van der Waals surface area contributed by atoms with E-state index in [2.05, 4.69) is 35.0 Å². The first-order valence-corrected chi connectivity index (χ1v) is 5.15. The van der Waals surface area contributed by atoms with Crippen molar-refractivity contribution in [2.45, 2.75) is 18.7 Å².